The lowest BCUT2D eigenvalue weighted by Gasteiger charge is -2.34. The minimum atomic E-state index is -0.908. The first-order chi connectivity index (χ1) is 16.0. The molecule has 0 saturated carbocycles. The molecule has 1 saturated heterocycles. The van der Waals surface area contributed by atoms with Crippen LogP contribution in [0.15, 0.2) is 53.0 Å². The molecule has 0 radical (unpaired) electrons. The number of halogens is 1. The van der Waals surface area contributed by atoms with Crippen LogP contribution in [0.1, 0.15) is 42.1 Å². The fraction of sp³-hybridized carbons (Fsp3) is 0.400. The highest BCUT2D eigenvalue weighted by atomic mass is 79.9. The molecule has 3 rings (SSSR count). The number of carbonyl (C=O) groups is 3. The molecule has 2 aromatic carbocycles. The summed E-state index contributed by atoms with van der Waals surface area (Å²) in [5.74, 6) is -0.512. The summed E-state index contributed by atoms with van der Waals surface area (Å²) in [7, 11) is 0. The van der Waals surface area contributed by atoms with Crippen LogP contribution in [0.25, 0.3) is 0 Å². The second-order valence-electron chi connectivity index (χ2n) is 7.81. The van der Waals surface area contributed by atoms with Crippen LogP contribution < -0.4 is 10.1 Å². The second kappa shape index (κ2) is 12.4. The maximum absolute atomic E-state index is 13.2. The molecule has 1 aliphatic rings. The van der Waals surface area contributed by atoms with Crippen LogP contribution in [0.4, 0.5) is 0 Å². The molecule has 1 fully saturated rings. The summed E-state index contributed by atoms with van der Waals surface area (Å²) in [6, 6.07) is 13.9. The highest BCUT2D eigenvalue weighted by Gasteiger charge is 2.35. The van der Waals surface area contributed by atoms with Crippen molar-refractivity contribution in [3.05, 3.63) is 64.1 Å². The third-order valence-corrected chi connectivity index (χ3v) is 6.00. The fourth-order valence-corrected chi connectivity index (χ4v) is 4.04. The molecular formula is C25H29BrN2O5. The van der Waals surface area contributed by atoms with Gasteiger partial charge in [-0.3, -0.25) is 14.4 Å². The highest BCUT2D eigenvalue weighted by molar-refractivity contribution is 9.10. The SMILES string of the molecule is CCCCOc1ccc(C(=O)N2CCNC(=O)C2CC(=O)OCCc2ccccc2)cc1Br. The van der Waals surface area contributed by atoms with Crippen LogP contribution in [0.5, 0.6) is 5.75 Å². The minimum Gasteiger partial charge on any atom is -0.492 e. The Hall–Kier alpha value is -2.87. The summed E-state index contributed by atoms with van der Waals surface area (Å²) < 4.78 is 11.7. The Morgan fingerprint density at radius 1 is 1.15 bits per heavy atom. The zero-order chi connectivity index (χ0) is 23.6. The normalized spacial score (nSPS) is 15.6. The lowest BCUT2D eigenvalue weighted by atomic mass is 10.1. The Bertz CT molecular complexity index is 967. The van der Waals surface area contributed by atoms with E-state index in [0.29, 0.717) is 41.9 Å². The van der Waals surface area contributed by atoms with E-state index >= 15 is 0 Å². The van der Waals surface area contributed by atoms with E-state index in [2.05, 4.69) is 28.2 Å². The summed E-state index contributed by atoms with van der Waals surface area (Å²) in [5, 5.41) is 2.74. The summed E-state index contributed by atoms with van der Waals surface area (Å²) in [4.78, 5) is 39.5. The van der Waals surface area contributed by atoms with Gasteiger partial charge in [0, 0.05) is 25.1 Å². The Kier molecular flexibility index (Phi) is 9.30. The monoisotopic (exact) mass is 516 g/mol. The molecule has 1 unspecified atom stereocenters. The Labute approximate surface area is 202 Å². The number of piperazine rings is 1. The summed E-state index contributed by atoms with van der Waals surface area (Å²) in [6.07, 6.45) is 2.37. The number of hydrogen-bond acceptors (Lipinski definition) is 5. The first kappa shape index (κ1) is 24.8. The Morgan fingerprint density at radius 3 is 2.67 bits per heavy atom. The molecule has 1 aliphatic heterocycles. The summed E-state index contributed by atoms with van der Waals surface area (Å²) in [5.41, 5.74) is 1.48. The van der Waals surface area contributed by atoms with Gasteiger partial charge in [-0.2, -0.15) is 0 Å². The van der Waals surface area contributed by atoms with E-state index in [0.717, 1.165) is 18.4 Å². The molecule has 33 heavy (non-hydrogen) atoms. The Morgan fingerprint density at radius 2 is 1.94 bits per heavy atom. The maximum Gasteiger partial charge on any atom is 0.308 e. The van der Waals surface area contributed by atoms with Gasteiger partial charge in [-0.25, -0.2) is 0 Å². The molecule has 0 aliphatic carbocycles. The number of nitrogens with zero attached hydrogens (tertiary/aromatic N) is 1. The van der Waals surface area contributed by atoms with Crippen LogP contribution >= 0.6 is 15.9 Å². The van der Waals surface area contributed by atoms with E-state index in [1.165, 1.54) is 4.90 Å². The van der Waals surface area contributed by atoms with E-state index < -0.39 is 12.0 Å². The Balaban J connectivity index is 1.61. The molecule has 2 amide bonds. The van der Waals surface area contributed by atoms with E-state index in [1.54, 1.807) is 18.2 Å². The first-order valence-corrected chi connectivity index (χ1v) is 12.0. The van der Waals surface area contributed by atoms with Crippen LogP contribution in [-0.4, -0.2) is 55.0 Å². The van der Waals surface area contributed by atoms with E-state index in [-0.39, 0.29) is 24.8 Å². The van der Waals surface area contributed by atoms with Crippen molar-refractivity contribution < 1.29 is 23.9 Å². The molecule has 0 spiro atoms. The van der Waals surface area contributed by atoms with Crippen LogP contribution in [0, 0.1) is 0 Å². The van der Waals surface area contributed by atoms with E-state index in [4.69, 9.17) is 9.47 Å². The molecule has 176 valence electrons. The van der Waals surface area contributed by atoms with Gasteiger partial charge in [0.15, 0.2) is 0 Å². The van der Waals surface area contributed by atoms with Crippen LogP contribution in [-0.2, 0) is 20.7 Å². The van der Waals surface area contributed by atoms with Crippen molar-refractivity contribution in [1.29, 1.82) is 0 Å². The van der Waals surface area contributed by atoms with Gasteiger partial charge in [0.05, 0.1) is 24.1 Å². The van der Waals surface area contributed by atoms with Gasteiger partial charge < -0.3 is 19.7 Å². The lowest BCUT2D eigenvalue weighted by molar-refractivity contribution is -0.147. The zero-order valence-corrected chi connectivity index (χ0v) is 20.3. The molecule has 0 aromatic heterocycles. The molecule has 2 aromatic rings. The smallest absolute Gasteiger partial charge is 0.308 e. The van der Waals surface area contributed by atoms with Crippen molar-refractivity contribution in [2.45, 2.75) is 38.6 Å². The van der Waals surface area contributed by atoms with Crippen molar-refractivity contribution in [3.63, 3.8) is 0 Å². The van der Waals surface area contributed by atoms with Crippen molar-refractivity contribution in [1.82, 2.24) is 10.2 Å². The molecule has 8 heteroatoms. The first-order valence-electron chi connectivity index (χ1n) is 11.2. The molecule has 0 bridgehead atoms. The second-order valence-corrected chi connectivity index (χ2v) is 8.67. The molecule has 7 nitrogen and oxygen atoms in total. The number of esters is 1. The summed E-state index contributed by atoms with van der Waals surface area (Å²) in [6.45, 7) is 3.56. The highest BCUT2D eigenvalue weighted by Crippen LogP contribution is 2.27. The van der Waals surface area contributed by atoms with Crippen molar-refractivity contribution in [2.75, 3.05) is 26.3 Å². The van der Waals surface area contributed by atoms with Crippen molar-refractivity contribution >= 4 is 33.7 Å². The third kappa shape index (κ3) is 7.05. The number of ether oxygens (including phenoxy) is 2. The van der Waals surface area contributed by atoms with Crippen molar-refractivity contribution in [3.8, 4) is 5.75 Å². The number of unbranched alkanes of at least 4 members (excludes halogenated alkanes) is 1. The van der Waals surface area contributed by atoms with Crippen molar-refractivity contribution in [2.24, 2.45) is 0 Å². The van der Waals surface area contributed by atoms with Gasteiger partial charge in [0.1, 0.15) is 11.8 Å². The number of nitrogens with one attached hydrogen (secondary N) is 1. The fourth-order valence-electron chi connectivity index (χ4n) is 3.55. The molecule has 1 atom stereocenters. The van der Waals surface area contributed by atoms with Crippen LogP contribution in [0.2, 0.25) is 0 Å². The number of amides is 2. The number of carbonyl (C=O) groups excluding carboxylic acids is 3. The summed E-state index contributed by atoms with van der Waals surface area (Å²) >= 11 is 3.46. The quantitative estimate of drug-likeness (QED) is 0.384. The van der Waals surface area contributed by atoms with Crippen LogP contribution in [0.3, 0.4) is 0 Å². The van der Waals surface area contributed by atoms with Gasteiger partial charge in [0.2, 0.25) is 5.91 Å². The third-order valence-electron chi connectivity index (χ3n) is 5.38. The van der Waals surface area contributed by atoms with Gasteiger partial charge in [-0.15, -0.1) is 0 Å². The predicted molar refractivity (Wildman–Crippen MR) is 128 cm³/mol. The minimum absolute atomic E-state index is 0.189. The zero-order valence-electron chi connectivity index (χ0n) is 18.7. The predicted octanol–water partition coefficient (Wildman–Crippen LogP) is 3.74. The molecule has 1 N–H and O–H groups in total. The maximum atomic E-state index is 13.2. The van der Waals surface area contributed by atoms with Gasteiger partial charge >= 0.3 is 5.97 Å². The number of benzene rings is 2. The topological polar surface area (TPSA) is 84.9 Å². The van der Waals surface area contributed by atoms with E-state index in [9.17, 15) is 14.4 Å². The molecule has 1 heterocycles. The van der Waals surface area contributed by atoms with E-state index in [1.807, 2.05) is 30.3 Å². The number of hydrogen-bond donors (Lipinski definition) is 1. The standard InChI is InChI=1S/C25H29BrN2O5/c1-2-3-14-32-22-10-9-19(16-20(22)26)25(31)28-13-12-27-24(30)21(28)17-23(29)33-15-11-18-7-5-4-6-8-18/h4-10,16,21H,2-3,11-15,17H2,1H3,(H,27,30). The average Bonchev–Trinajstić information content (AvgIpc) is 2.82. The lowest BCUT2D eigenvalue weighted by Crippen LogP contribution is -2.57. The van der Waals surface area contributed by atoms with Gasteiger partial charge in [0.25, 0.3) is 5.91 Å². The van der Waals surface area contributed by atoms with Gasteiger partial charge in [-0.05, 0) is 46.1 Å². The van der Waals surface area contributed by atoms with Gasteiger partial charge in [-0.1, -0.05) is 43.7 Å². The average molecular weight is 517 g/mol. The molecular weight excluding hydrogens is 488 g/mol. The largest absolute Gasteiger partial charge is 0.492 e. The number of rotatable bonds is 10.